The van der Waals surface area contributed by atoms with Crippen molar-refractivity contribution >= 4 is 23.1 Å². The van der Waals surface area contributed by atoms with Crippen molar-refractivity contribution in [3.8, 4) is 10.6 Å². The Morgan fingerprint density at radius 1 is 1.21 bits per heavy atom. The molecule has 0 aliphatic heterocycles. The second-order valence-corrected chi connectivity index (χ2v) is 7.08. The first-order chi connectivity index (χ1) is 13.5. The fraction of sp³-hybridized carbons (Fsp3) is 0.211. The van der Waals surface area contributed by atoms with Crippen LogP contribution in [-0.4, -0.2) is 30.5 Å². The van der Waals surface area contributed by atoms with Crippen LogP contribution >= 0.6 is 11.3 Å². The Hall–Kier alpha value is -3.20. The maximum atomic E-state index is 13.0. The second-order valence-electron chi connectivity index (χ2n) is 6.22. The summed E-state index contributed by atoms with van der Waals surface area (Å²) < 4.78 is 20.0. The molecule has 0 N–H and O–H groups in total. The zero-order valence-electron chi connectivity index (χ0n) is 15.2. The molecule has 0 saturated heterocycles. The smallest absolute Gasteiger partial charge is 0.310 e. The Morgan fingerprint density at radius 2 is 2.00 bits per heavy atom. The van der Waals surface area contributed by atoms with Crippen molar-refractivity contribution < 1.29 is 13.9 Å². The van der Waals surface area contributed by atoms with Crippen LogP contribution in [0.3, 0.4) is 0 Å². The SMILES string of the molecule is Cc1nc2ncnn2c(C)c1CC(=O)OCc1csc(-c2ccc(F)cc2)n1. The fourth-order valence-corrected chi connectivity index (χ4v) is 3.67. The van der Waals surface area contributed by atoms with Gasteiger partial charge in [-0.2, -0.15) is 10.1 Å². The van der Waals surface area contributed by atoms with Gasteiger partial charge in [-0.1, -0.05) is 0 Å². The van der Waals surface area contributed by atoms with Gasteiger partial charge in [-0.05, 0) is 38.1 Å². The first-order valence-corrected chi connectivity index (χ1v) is 9.41. The minimum Gasteiger partial charge on any atom is -0.459 e. The number of rotatable bonds is 5. The highest BCUT2D eigenvalue weighted by Gasteiger charge is 2.16. The van der Waals surface area contributed by atoms with Crippen LogP contribution in [0.25, 0.3) is 16.3 Å². The van der Waals surface area contributed by atoms with E-state index in [1.807, 2.05) is 19.2 Å². The molecule has 0 spiro atoms. The fourth-order valence-electron chi connectivity index (χ4n) is 2.86. The average Bonchev–Trinajstić information content (AvgIpc) is 3.33. The minimum absolute atomic E-state index is 0.0770. The predicted octanol–water partition coefficient (Wildman–Crippen LogP) is 3.29. The van der Waals surface area contributed by atoms with Gasteiger partial charge in [-0.3, -0.25) is 4.79 Å². The van der Waals surface area contributed by atoms with Crippen molar-refractivity contribution in [3.05, 3.63) is 64.4 Å². The van der Waals surface area contributed by atoms with Gasteiger partial charge in [0.1, 0.15) is 23.8 Å². The summed E-state index contributed by atoms with van der Waals surface area (Å²) in [6.45, 7) is 3.78. The van der Waals surface area contributed by atoms with Crippen LogP contribution in [0.2, 0.25) is 0 Å². The summed E-state index contributed by atoms with van der Waals surface area (Å²) in [5.41, 5.74) is 3.78. The number of benzene rings is 1. The number of fused-ring (bicyclic) bond motifs is 1. The third kappa shape index (κ3) is 3.61. The van der Waals surface area contributed by atoms with E-state index in [4.69, 9.17) is 4.74 Å². The molecule has 0 radical (unpaired) electrons. The van der Waals surface area contributed by atoms with E-state index in [1.54, 1.807) is 16.6 Å². The number of ether oxygens (including phenoxy) is 1. The van der Waals surface area contributed by atoms with Crippen molar-refractivity contribution in [3.63, 3.8) is 0 Å². The quantitative estimate of drug-likeness (QED) is 0.481. The second kappa shape index (κ2) is 7.43. The summed E-state index contributed by atoms with van der Waals surface area (Å²) in [6, 6.07) is 6.12. The third-order valence-corrected chi connectivity index (χ3v) is 5.27. The maximum absolute atomic E-state index is 13.0. The largest absolute Gasteiger partial charge is 0.459 e. The zero-order chi connectivity index (χ0) is 19.7. The molecule has 0 atom stereocenters. The summed E-state index contributed by atoms with van der Waals surface area (Å²) in [7, 11) is 0. The monoisotopic (exact) mass is 397 g/mol. The Kier molecular flexibility index (Phi) is 4.82. The summed E-state index contributed by atoms with van der Waals surface area (Å²) >= 11 is 1.42. The predicted molar refractivity (Wildman–Crippen MR) is 101 cm³/mol. The van der Waals surface area contributed by atoms with E-state index in [9.17, 15) is 9.18 Å². The molecule has 0 bridgehead atoms. The molecule has 0 amide bonds. The number of nitrogens with zero attached hydrogens (tertiary/aromatic N) is 5. The Labute approximate surface area is 163 Å². The Bertz CT molecular complexity index is 1150. The lowest BCUT2D eigenvalue weighted by Gasteiger charge is -2.10. The highest BCUT2D eigenvalue weighted by atomic mass is 32.1. The van der Waals surface area contributed by atoms with E-state index >= 15 is 0 Å². The number of aromatic nitrogens is 5. The lowest BCUT2D eigenvalue weighted by molar-refractivity contribution is -0.144. The van der Waals surface area contributed by atoms with E-state index in [2.05, 4.69) is 20.1 Å². The van der Waals surface area contributed by atoms with Crippen molar-refractivity contribution in [2.45, 2.75) is 26.9 Å². The van der Waals surface area contributed by atoms with Crippen LogP contribution in [0.1, 0.15) is 22.6 Å². The van der Waals surface area contributed by atoms with Crippen LogP contribution in [0, 0.1) is 19.7 Å². The van der Waals surface area contributed by atoms with Crippen molar-refractivity contribution in [1.82, 2.24) is 24.6 Å². The highest BCUT2D eigenvalue weighted by Crippen LogP contribution is 2.24. The lowest BCUT2D eigenvalue weighted by atomic mass is 10.1. The Morgan fingerprint density at radius 3 is 2.79 bits per heavy atom. The highest BCUT2D eigenvalue weighted by molar-refractivity contribution is 7.13. The summed E-state index contributed by atoms with van der Waals surface area (Å²) in [5, 5.41) is 6.69. The number of thiazole rings is 1. The molecule has 3 heterocycles. The molecular weight excluding hydrogens is 381 g/mol. The van der Waals surface area contributed by atoms with Gasteiger partial charge in [0.25, 0.3) is 5.78 Å². The van der Waals surface area contributed by atoms with Gasteiger partial charge >= 0.3 is 5.97 Å². The molecule has 3 aromatic heterocycles. The first kappa shape index (κ1) is 18.2. The molecule has 0 unspecified atom stereocenters. The average molecular weight is 397 g/mol. The number of hydrogen-bond donors (Lipinski definition) is 0. The standard InChI is InChI=1S/C19H16FN5O2S/c1-11-16(12(2)25-19(23-11)21-10-22-25)7-17(26)27-8-15-9-28-18(24-15)13-3-5-14(20)6-4-13/h3-6,9-10H,7-8H2,1-2H3. The first-order valence-electron chi connectivity index (χ1n) is 8.53. The van der Waals surface area contributed by atoms with Crippen LogP contribution in [0.15, 0.2) is 36.0 Å². The Balaban J connectivity index is 1.42. The van der Waals surface area contributed by atoms with Crippen LogP contribution in [0.5, 0.6) is 0 Å². The molecule has 4 rings (SSSR count). The van der Waals surface area contributed by atoms with E-state index in [-0.39, 0.29) is 24.8 Å². The van der Waals surface area contributed by atoms with Crippen LogP contribution < -0.4 is 0 Å². The number of carbonyl (C=O) groups excluding carboxylic acids is 1. The molecule has 142 valence electrons. The number of aryl methyl sites for hydroxylation is 2. The van der Waals surface area contributed by atoms with Gasteiger partial charge in [0.2, 0.25) is 0 Å². The van der Waals surface area contributed by atoms with E-state index in [1.165, 1.54) is 29.8 Å². The van der Waals surface area contributed by atoms with Gasteiger partial charge in [-0.25, -0.2) is 18.9 Å². The molecule has 0 saturated carbocycles. The van der Waals surface area contributed by atoms with Gasteiger partial charge < -0.3 is 4.74 Å². The normalized spacial score (nSPS) is 11.1. The molecule has 9 heteroatoms. The molecule has 1 aromatic carbocycles. The van der Waals surface area contributed by atoms with Gasteiger partial charge in [-0.15, -0.1) is 11.3 Å². The molecule has 7 nitrogen and oxygen atoms in total. The molecule has 0 fully saturated rings. The molecule has 4 aromatic rings. The third-order valence-electron chi connectivity index (χ3n) is 4.33. The van der Waals surface area contributed by atoms with Gasteiger partial charge in [0.15, 0.2) is 0 Å². The molecule has 0 aliphatic rings. The van der Waals surface area contributed by atoms with Crippen LogP contribution in [-0.2, 0) is 22.6 Å². The summed E-state index contributed by atoms with van der Waals surface area (Å²) in [4.78, 5) is 25.2. The molecular formula is C19H16FN5O2S. The number of carbonyl (C=O) groups is 1. The summed E-state index contributed by atoms with van der Waals surface area (Å²) in [5.74, 6) is -0.162. The lowest BCUT2D eigenvalue weighted by Crippen LogP contribution is -2.13. The minimum atomic E-state index is -0.371. The van der Waals surface area contributed by atoms with Crippen molar-refractivity contribution in [2.24, 2.45) is 0 Å². The van der Waals surface area contributed by atoms with Crippen molar-refractivity contribution in [2.75, 3.05) is 0 Å². The van der Waals surface area contributed by atoms with Crippen LogP contribution in [0.4, 0.5) is 4.39 Å². The van der Waals surface area contributed by atoms with E-state index < -0.39 is 0 Å². The maximum Gasteiger partial charge on any atom is 0.310 e. The number of hydrogen-bond acceptors (Lipinski definition) is 7. The topological polar surface area (TPSA) is 82.3 Å². The summed E-state index contributed by atoms with van der Waals surface area (Å²) in [6.07, 6.45) is 1.52. The molecule has 28 heavy (non-hydrogen) atoms. The number of esters is 1. The van der Waals surface area contributed by atoms with Gasteiger partial charge in [0.05, 0.1) is 12.1 Å². The van der Waals surface area contributed by atoms with Crippen molar-refractivity contribution in [1.29, 1.82) is 0 Å². The van der Waals surface area contributed by atoms with E-state index in [0.717, 1.165) is 27.5 Å². The van der Waals surface area contributed by atoms with Gasteiger partial charge in [0, 0.05) is 27.9 Å². The zero-order valence-corrected chi connectivity index (χ0v) is 16.0. The molecule has 0 aliphatic carbocycles. The van der Waals surface area contributed by atoms with E-state index in [0.29, 0.717) is 11.5 Å². The number of halogens is 1.